The van der Waals surface area contributed by atoms with Gasteiger partial charge in [0.1, 0.15) is 0 Å². The molecule has 0 unspecified atom stereocenters. The maximum absolute atomic E-state index is 14.0. The first-order valence-corrected chi connectivity index (χ1v) is 20.8. The van der Waals surface area contributed by atoms with E-state index in [0.29, 0.717) is 30.2 Å². The average molecular weight is 931 g/mol. The van der Waals surface area contributed by atoms with Crippen molar-refractivity contribution in [1.29, 1.82) is 0 Å². The van der Waals surface area contributed by atoms with Crippen LogP contribution in [0.4, 0.5) is 52.7 Å². The molecule has 0 amide bonds. The van der Waals surface area contributed by atoms with Crippen molar-refractivity contribution < 1.29 is 69.8 Å². The molecule has 0 aliphatic heterocycles. The van der Waals surface area contributed by atoms with Gasteiger partial charge in [-0.1, -0.05) is 91.9 Å². The number of benzene rings is 5. The number of hydrogen-bond acceptors (Lipinski definition) is 0. The molecule has 2 fully saturated rings. The van der Waals surface area contributed by atoms with Crippen LogP contribution in [0.3, 0.4) is 0 Å². The summed E-state index contributed by atoms with van der Waals surface area (Å²) in [7, 11) is -3.95. The largest absolute Gasteiger partial charge is 2.00 e. The summed E-state index contributed by atoms with van der Waals surface area (Å²) >= 11 is 0. The molecule has 61 heavy (non-hydrogen) atoms. The van der Waals surface area contributed by atoms with Crippen molar-refractivity contribution in [2.24, 2.45) is 0 Å². The van der Waals surface area contributed by atoms with Gasteiger partial charge in [0.25, 0.3) is 0 Å². The van der Waals surface area contributed by atoms with Gasteiger partial charge in [0.05, 0.1) is 22.3 Å². The van der Waals surface area contributed by atoms with E-state index >= 15 is 0 Å². The van der Waals surface area contributed by atoms with Crippen molar-refractivity contribution in [3.8, 4) is 0 Å². The van der Waals surface area contributed by atoms with Crippen LogP contribution in [-0.2, 0) is 41.8 Å². The number of alkyl halides is 12. The summed E-state index contributed by atoms with van der Waals surface area (Å²) in [6.07, 6.45) is -6.45. The third-order valence-electron chi connectivity index (χ3n) is 9.39. The van der Waals surface area contributed by atoms with E-state index in [1.54, 1.807) is 18.9 Å². The Bertz CT molecular complexity index is 1990. The Morgan fingerprint density at radius 3 is 1.16 bits per heavy atom. The predicted octanol–water partition coefficient (Wildman–Crippen LogP) is 12.2. The summed E-state index contributed by atoms with van der Waals surface area (Å²) in [6.45, 7) is 1.37. The van der Waals surface area contributed by atoms with E-state index in [0.717, 1.165) is 21.5 Å². The molecule has 5 aromatic rings. The zero-order valence-corrected chi connectivity index (χ0v) is 34.4. The monoisotopic (exact) mass is 930 g/mol. The van der Waals surface area contributed by atoms with Crippen LogP contribution in [0.25, 0.3) is 0 Å². The fourth-order valence-corrected chi connectivity index (χ4v) is 11.8. The van der Waals surface area contributed by atoms with Gasteiger partial charge in [-0.05, 0) is 147 Å². The molecule has 0 aromatic heterocycles. The summed E-state index contributed by atoms with van der Waals surface area (Å²) in [4.78, 5) is 0. The summed E-state index contributed by atoms with van der Waals surface area (Å²) in [5.41, 5.74) is -7.41. The van der Waals surface area contributed by atoms with Gasteiger partial charge in [-0.3, -0.25) is 0 Å². The van der Waals surface area contributed by atoms with Gasteiger partial charge in [-0.25, -0.2) is 0 Å². The summed E-state index contributed by atoms with van der Waals surface area (Å²) in [6, 6.07) is 27.9. The van der Waals surface area contributed by atoms with Crippen molar-refractivity contribution in [2.75, 3.05) is 0 Å². The van der Waals surface area contributed by atoms with E-state index in [-0.39, 0.29) is 35.1 Å². The van der Waals surface area contributed by atoms with E-state index in [4.69, 9.17) is 0 Å². The van der Waals surface area contributed by atoms with E-state index in [9.17, 15) is 52.7 Å². The maximum Gasteiger partial charge on any atom is 2.00 e. The van der Waals surface area contributed by atoms with Gasteiger partial charge >= 0.3 is 41.8 Å². The SMILES string of the molecule is C[C@H]([C]1[CH][CH][C](c2ccccc2P(c2ccccc2)c2ccccc2)[CH]1)P(c1cc(C(F)(F)F)cc(C(F)(F)F)c1)c1cc(C(F)(F)F)cc(C(F)(F)F)c1.[CH]1[CH][CH][CH][CH]1.[Fe+2]. The molecule has 0 bridgehead atoms. The van der Waals surface area contributed by atoms with Crippen molar-refractivity contribution in [1.82, 2.24) is 0 Å². The fraction of sp³-hybridized carbons (Fsp3) is 0.130. The normalized spacial score (nSPS) is 16.0. The van der Waals surface area contributed by atoms with Gasteiger partial charge in [0, 0.05) is 5.92 Å². The summed E-state index contributed by atoms with van der Waals surface area (Å²) < 4.78 is 169. The molecule has 0 N–H and O–H groups in total. The van der Waals surface area contributed by atoms with Crippen molar-refractivity contribution >= 4 is 42.4 Å². The molecule has 2 saturated carbocycles. The fourth-order valence-electron chi connectivity index (χ4n) is 6.60. The van der Waals surface area contributed by atoms with Crippen LogP contribution in [0.5, 0.6) is 0 Å². The molecule has 2 aliphatic rings. The number of hydrogen-bond donors (Lipinski definition) is 0. The Hall–Kier alpha value is -3.36. The standard InChI is InChI=1S/C41H27F12P2.C5H5.Fe/c1-25(26-16-17-27(18-26)36-14-8-9-15-37(36)55(32-10-4-2-5-11-32)33-12-6-3-7-13-33)54(34-21-28(38(42,43)44)19-29(22-34)39(45,46)47)35-23-30(40(48,49)50)20-31(24-35)41(51,52)53;1-2-4-5-3-1;/h2-25H,1H3;1-5H;/q;;+2/t25-;;/m1../s1. The first-order valence-electron chi connectivity index (χ1n) is 18.0. The number of halogens is 12. The second-order valence-electron chi connectivity index (χ2n) is 13.5. The molecule has 7 rings (SSSR count). The van der Waals surface area contributed by atoms with Crippen LogP contribution in [0.2, 0.25) is 0 Å². The Morgan fingerprint density at radius 2 is 0.787 bits per heavy atom. The second kappa shape index (κ2) is 20.0. The molecule has 15 heteroatoms. The minimum Gasteiger partial charge on any atom is -0.166 e. The van der Waals surface area contributed by atoms with Crippen LogP contribution in [0, 0.1) is 63.2 Å². The maximum atomic E-state index is 14.0. The Morgan fingerprint density at radius 1 is 0.426 bits per heavy atom. The van der Waals surface area contributed by atoms with E-state index < -0.39 is 79.1 Å². The molecule has 0 saturated heterocycles. The van der Waals surface area contributed by atoms with Crippen LogP contribution in [0.1, 0.15) is 34.7 Å². The van der Waals surface area contributed by atoms with E-state index in [2.05, 4.69) is 0 Å². The Kier molecular flexibility index (Phi) is 16.0. The van der Waals surface area contributed by atoms with E-state index in [1.807, 2.05) is 111 Å². The first kappa shape index (κ1) is 48.7. The summed E-state index contributed by atoms with van der Waals surface area (Å²) in [5, 5.41) is 1.53. The molecule has 0 nitrogen and oxygen atoms in total. The summed E-state index contributed by atoms with van der Waals surface area (Å²) in [5.74, 6) is 0.878. The minimum absolute atomic E-state index is 0. The van der Waals surface area contributed by atoms with E-state index in [1.165, 1.54) is 13.3 Å². The van der Waals surface area contributed by atoms with Crippen molar-refractivity contribution in [2.45, 2.75) is 37.3 Å². The van der Waals surface area contributed by atoms with Gasteiger partial charge in [-0.15, -0.1) is 0 Å². The predicted molar refractivity (Wildman–Crippen MR) is 214 cm³/mol. The number of rotatable bonds is 8. The van der Waals surface area contributed by atoms with Gasteiger partial charge in [0.15, 0.2) is 0 Å². The zero-order chi connectivity index (χ0) is 43.5. The van der Waals surface area contributed by atoms with Gasteiger partial charge in [-0.2, -0.15) is 52.7 Å². The molecule has 0 heterocycles. The molecular weight excluding hydrogens is 898 g/mol. The third kappa shape index (κ3) is 12.2. The van der Waals surface area contributed by atoms with Crippen LogP contribution < -0.4 is 26.5 Å². The van der Waals surface area contributed by atoms with Crippen LogP contribution in [0.15, 0.2) is 121 Å². The molecule has 5 aromatic carbocycles. The van der Waals surface area contributed by atoms with Gasteiger partial charge < -0.3 is 0 Å². The van der Waals surface area contributed by atoms with Crippen molar-refractivity contribution in [3.63, 3.8) is 0 Å². The molecular formula is C46H32F12FeP2+2. The second-order valence-corrected chi connectivity index (χ2v) is 18.2. The van der Waals surface area contributed by atoms with Crippen LogP contribution >= 0.6 is 15.8 Å². The van der Waals surface area contributed by atoms with Crippen molar-refractivity contribution in [3.05, 3.63) is 212 Å². The zero-order valence-electron chi connectivity index (χ0n) is 31.5. The topological polar surface area (TPSA) is 0 Å². The molecule has 10 radical (unpaired) electrons. The third-order valence-corrected chi connectivity index (χ3v) is 14.6. The molecule has 0 spiro atoms. The molecule has 316 valence electrons. The smallest absolute Gasteiger partial charge is 0.166 e. The first-order chi connectivity index (χ1) is 28.2. The molecule has 1 atom stereocenters. The minimum atomic E-state index is -5.32. The molecule has 2 aliphatic carbocycles. The van der Waals surface area contributed by atoms with Crippen LogP contribution in [-0.4, -0.2) is 5.66 Å². The quantitative estimate of drug-likeness (QED) is 0.0826. The average Bonchev–Trinajstić information content (AvgIpc) is 3.95. The Labute approximate surface area is 360 Å². The van der Waals surface area contributed by atoms with Gasteiger partial charge in [0.2, 0.25) is 0 Å². The Balaban J connectivity index is 0.00000109.